The van der Waals surface area contributed by atoms with Crippen LogP contribution in [-0.2, 0) is 4.79 Å². The second kappa shape index (κ2) is 11.0. The number of hydrogen-bond acceptors (Lipinski definition) is 4. The van der Waals surface area contributed by atoms with E-state index in [1.807, 2.05) is 18.7 Å². The maximum absolute atomic E-state index is 12.1. The van der Waals surface area contributed by atoms with E-state index in [9.17, 15) is 9.90 Å². The number of carbonyl (C=O) groups excluding carboxylic acids is 1. The van der Waals surface area contributed by atoms with Gasteiger partial charge in [-0.2, -0.15) is 11.8 Å². The zero-order valence-corrected chi connectivity index (χ0v) is 16.4. The van der Waals surface area contributed by atoms with Crippen LogP contribution in [0.3, 0.4) is 0 Å². The number of guanidine groups is 1. The molecule has 144 valence electrons. The highest BCUT2D eigenvalue weighted by atomic mass is 32.2. The van der Waals surface area contributed by atoms with Crippen molar-refractivity contribution in [2.24, 2.45) is 4.99 Å². The molecule has 4 N–H and O–H groups in total. The van der Waals surface area contributed by atoms with Crippen LogP contribution < -0.4 is 16.0 Å². The quantitative estimate of drug-likeness (QED) is 0.333. The van der Waals surface area contributed by atoms with E-state index in [0.29, 0.717) is 22.9 Å². The van der Waals surface area contributed by atoms with Crippen LogP contribution >= 0.6 is 11.8 Å². The Morgan fingerprint density at radius 3 is 2.73 bits per heavy atom. The monoisotopic (exact) mass is 378 g/mol. The van der Waals surface area contributed by atoms with Gasteiger partial charge < -0.3 is 21.1 Å². The van der Waals surface area contributed by atoms with Crippen LogP contribution in [0.15, 0.2) is 29.3 Å². The maximum atomic E-state index is 12.1. The maximum Gasteiger partial charge on any atom is 0.246 e. The van der Waals surface area contributed by atoms with Crippen molar-refractivity contribution in [3.63, 3.8) is 0 Å². The van der Waals surface area contributed by atoms with Gasteiger partial charge in [0.15, 0.2) is 5.96 Å². The van der Waals surface area contributed by atoms with Gasteiger partial charge in [-0.05, 0) is 56.2 Å². The number of carbonyl (C=O) groups is 1. The Labute approximate surface area is 160 Å². The van der Waals surface area contributed by atoms with Gasteiger partial charge in [-0.3, -0.25) is 4.79 Å². The molecule has 1 aromatic carbocycles. The molecule has 1 aromatic rings. The average molecular weight is 379 g/mol. The summed E-state index contributed by atoms with van der Waals surface area (Å²) in [6, 6.07) is 6.81. The van der Waals surface area contributed by atoms with Gasteiger partial charge in [-0.25, -0.2) is 4.99 Å². The average Bonchev–Trinajstić information content (AvgIpc) is 2.62. The van der Waals surface area contributed by atoms with Crippen molar-refractivity contribution in [3.05, 3.63) is 24.3 Å². The predicted octanol–water partition coefficient (Wildman–Crippen LogP) is 2.95. The van der Waals surface area contributed by atoms with E-state index in [0.717, 1.165) is 25.1 Å². The molecule has 0 aromatic heterocycles. The molecule has 1 saturated carbocycles. The minimum atomic E-state index is -0.184. The molecule has 26 heavy (non-hydrogen) atoms. The Morgan fingerprint density at radius 1 is 1.27 bits per heavy atom. The van der Waals surface area contributed by atoms with Crippen LogP contribution in [0, 0.1) is 0 Å². The number of hydrogen-bond donors (Lipinski definition) is 4. The summed E-state index contributed by atoms with van der Waals surface area (Å²) in [7, 11) is 0. The molecule has 0 bridgehead atoms. The standard InChI is InChI=1S/C19H30N4O2S/c1-3-20-19(23-15-6-5-7-17(12-15)26-4-2)21-13-18(25)22-14-8-10-16(24)11-9-14/h8-11,15,17,24H,3-7,12-13H2,1-2H3,(H,22,25)(H2,20,21,23). The molecule has 1 aliphatic rings. The normalized spacial score (nSPS) is 20.5. The molecular weight excluding hydrogens is 348 g/mol. The van der Waals surface area contributed by atoms with Crippen LogP contribution in [0.5, 0.6) is 5.75 Å². The van der Waals surface area contributed by atoms with Crippen molar-refractivity contribution in [2.45, 2.75) is 50.8 Å². The lowest BCUT2D eigenvalue weighted by molar-refractivity contribution is -0.114. The summed E-state index contributed by atoms with van der Waals surface area (Å²) in [5, 5.41) is 19.5. The van der Waals surface area contributed by atoms with E-state index in [4.69, 9.17) is 0 Å². The molecule has 2 unspecified atom stereocenters. The summed E-state index contributed by atoms with van der Waals surface area (Å²) >= 11 is 2.03. The fraction of sp³-hybridized carbons (Fsp3) is 0.579. The second-order valence-electron chi connectivity index (χ2n) is 6.38. The fourth-order valence-electron chi connectivity index (χ4n) is 3.07. The Hall–Kier alpha value is -1.89. The lowest BCUT2D eigenvalue weighted by Crippen LogP contribution is -2.46. The van der Waals surface area contributed by atoms with Gasteiger partial charge in [0.1, 0.15) is 12.3 Å². The third kappa shape index (κ3) is 7.15. The summed E-state index contributed by atoms with van der Waals surface area (Å²) in [6.07, 6.45) is 4.81. The zero-order chi connectivity index (χ0) is 18.8. The molecule has 0 saturated heterocycles. The molecule has 0 heterocycles. The van der Waals surface area contributed by atoms with Crippen molar-refractivity contribution in [1.29, 1.82) is 0 Å². The van der Waals surface area contributed by atoms with E-state index in [1.165, 1.54) is 25.0 Å². The van der Waals surface area contributed by atoms with Crippen LogP contribution in [0.2, 0.25) is 0 Å². The molecule has 0 aliphatic heterocycles. The predicted molar refractivity (Wildman–Crippen MR) is 110 cm³/mol. The highest BCUT2D eigenvalue weighted by Crippen LogP contribution is 2.28. The van der Waals surface area contributed by atoms with Gasteiger partial charge >= 0.3 is 0 Å². The lowest BCUT2D eigenvalue weighted by Gasteiger charge is -2.30. The number of nitrogens with one attached hydrogen (secondary N) is 3. The number of aromatic hydroxyl groups is 1. The number of thioether (sulfide) groups is 1. The summed E-state index contributed by atoms with van der Waals surface area (Å²) < 4.78 is 0. The Balaban J connectivity index is 1.86. The lowest BCUT2D eigenvalue weighted by atomic mass is 9.95. The van der Waals surface area contributed by atoms with E-state index in [-0.39, 0.29) is 18.2 Å². The molecule has 6 nitrogen and oxygen atoms in total. The van der Waals surface area contributed by atoms with E-state index < -0.39 is 0 Å². The van der Waals surface area contributed by atoms with Gasteiger partial charge in [0.25, 0.3) is 0 Å². The van der Waals surface area contributed by atoms with Gasteiger partial charge in [0, 0.05) is 23.5 Å². The number of anilines is 1. The number of amides is 1. The summed E-state index contributed by atoms with van der Waals surface area (Å²) in [5.74, 6) is 1.84. The number of phenolic OH excluding ortho intramolecular Hbond substituents is 1. The van der Waals surface area contributed by atoms with E-state index >= 15 is 0 Å². The number of rotatable bonds is 7. The molecule has 2 atom stereocenters. The fourth-order valence-corrected chi connectivity index (χ4v) is 4.25. The number of aliphatic imine (C=N–C) groups is 1. The zero-order valence-electron chi connectivity index (χ0n) is 15.6. The van der Waals surface area contributed by atoms with E-state index in [1.54, 1.807) is 12.1 Å². The second-order valence-corrected chi connectivity index (χ2v) is 7.95. The Bertz CT molecular complexity index is 590. The van der Waals surface area contributed by atoms with Gasteiger partial charge in [-0.15, -0.1) is 0 Å². The summed E-state index contributed by atoms with van der Waals surface area (Å²) in [6.45, 7) is 5.03. The van der Waals surface area contributed by atoms with Crippen LogP contribution in [-0.4, -0.2) is 47.1 Å². The molecule has 1 aliphatic carbocycles. The summed E-state index contributed by atoms with van der Waals surface area (Å²) in [4.78, 5) is 16.5. The van der Waals surface area contributed by atoms with Crippen molar-refractivity contribution in [2.75, 3.05) is 24.2 Å². The minimum Gasteiger partial charge on any atom is -0.508 e. The molecule has 1 fully saturated rings. The van der Waals surface area contributed by atoms with Crippen molar-refractivity contribution in [3.8, 4) is 5.75 Å². The van der Waals surface area contributed by atoms with E-state index in [2.05, 4.69) is 27.9 Å². The third-order valence-electron chi connectivity index (χ3n) is 4.25. The number of nitrogens with zero attached hydrogens (tertiary/aromatic N) is 1. The number of phenols is 1. The smallest absolute Gasteiger partial charge is 0.246 e. The first-order valence-electron chi connectivity index (χ1n) is 9.36. The minimum absolute atomic E-state index is 0.0517. The highest BCUT2D eigenvalue weighted by molar-refractivity contribution is 7.99. The molecule has 7 heteroatoms. The SMILES string of the molecule is CCNC(=NCC(=O)Nc1ccc(O)cc1)NC1CCCC(SCC)C1. The van der Waals surface area contributed by atoms with Crippen LogP contribution in [0.25, 0.3) is 0 Å². The van der Waals surface area contributed by atoms with Gasteiger partial charge in [-0.1, -0.05) is 13.3 Å². The first-order chi connectivity index (χ1) is 12.6. The van der Waals surface area contributed by atoms with Crippen molar-refractivity contribution in [1.82, 2.24) is 10.6 Å². The van der Waals surface area contributed by atoms with Crippen molar-refractivity contribution >= 4 is 29.3 Å². The molecule has 0 spiro atoms. The first-order valence-corrected chi connectivity index (χ1v) is 10.4. The highest BCUT2D eigenvalue weighted by Gasteiger charge is 2.22. The van der Waals surface area contributed by atoms with Gasteiger partial charge in [0.2, 0.25) is 5.91 Å². The number of benzene rings is 1. The van der Waals surface area contributed by atoms with Crippen LogP contribution in [0.1, 0.15) is 39.5 Å². The van der Waals surface area contributed by atoms with Crippen LogP contribution in [0.4, 0.5) is 5.69 Å². The Kier molecular flexibility index (Phi) is 8.61. The summed E-state index contributed by atoms with van der Waals surface area (Å²) in [5.41, 5.74) is 0.646. The molecule has 2 rings (SSSR count). The molecule has 1 amide bonds. The largest absolute Gasteiger partial charge is 0.508 e. The Morgan fingerprint density at radius 2 is 2.04 bits per heavy atom. The van der Waals surface area contributed by atoms with Gasteiger partial charge in [0.05, 0.1) is 0 Å². The molecular formula is C19H30N4O2S. The molecule has 0 radical (unpaired) electrons. The van der Waals surface area contributed by atoms with Crippen molar-refractivity contribution < 1.29 is 9.90 Å². The third-order valence-corrected chi connectivity index (χ3v) is 5.48. The topological polar surface area (TPSA) is 85.8 Å². The first kappa shape index (κ1) is 20.4.